The van der Waals surface area contributed by atoms with E-state index >= 15 is 0 Å². The van der Waals surface area contributed by atoms with Crippen molar-refractivity contribution in [1.82, 2.24) is 0 Å². The molecule has 0 spiro atoms. The number of carbonyl (C=O) groups excluding carboxylic acids is 3. The van der Waals surface area contributed by atoms with E-state index in [0.717, 1.165) is 29.7 Å². The molecule has 1 saturated heterocycles. The van der Waals surface area contributed by atoms with Crippen LogP contribution < -0.4 is 10.2 Å². The second-order valence-corrected chi connectivity index (χ2v) is 8.30. The first kappa shape index (κ1) is 21.0. The molecule has 1 aliphatic carbocycles. The summed E-state index contributed by atoms with van der Waals surface area (Å²) in [6.45, 7) is 6.07. The van der Waals surface area contributed by atoms with Crippen LogP contribution >= 0.6 is 0 Å². The number of nitrogens with one attached hydrogen (secondary N) is 1. The van der Waals surface area contributed by atoms with Gasteiger partial charge in [0, 0.05) is 5.69 Å². The third-order valence-corrected chi connectivity index (χ3v) is 6.50. The van der Waals surface area contributed by atoms with Gasteiger partial charge in [0.05, 0.1) is 23.1 Å². The number of anilines is 2. The van der Waals surface area contributed by atoms with Crippen LogP contribution in [0.2, 0.25) is 0 Å². The van der Waals surface area contributed by atoms with Crippen LogP contribution in [0, 0.1) is 17.8 Å². The normalized spacial score (nSPS) is 22.5. The number of imide groups is 1. The lowest BCUT2D eigenvalue weighted by Crippen LogP contribution is -2.33. The largest absolute Gasteiger partial charge is 0.321 e. The van der Waals surface area contributed by atoms with Gasteiger partial charge in [-0.25, -0.2) is 4.90 Å². The highest BCUT2D eigenvalue weighted by Crippen LogP contribution is 2.41. The Morgan fingerprint density at radius 2 is 1.68 bits per heavy atom. The van der Waals surface area contributed by atoms with Crippen molar-refractivity contribution >= 4 is 29.1 Å². The number of nitrogens with zero attached hydrogens (tertiary/aromatic N) is 1. The molecule has 1 aliphatic heterocycles. The van der Waals surface area contributed by atoms with Gasteiger partial charge in [0.2, 0.25) is 11.8 Å². The van der Waals surface area contributed by atoms with Gasteiger partial charge in [0.15, 0.2) is 0 Å². The maximum absolute atomic E-state index is 13.3. The minimum absolute atomic E-state index is 0.00438. The monoisotopic (exact) mass is 416 g/mol. The van der Waals surface area contributed by atoms with E-state index in [9.17, 15) is 14.4 Å². The molecule has 5 heteroatoms. The SMILES string of the molecule is CCc1cccc(CC)c1NC(=O)c1ccccc1N1C(=O)[C@H]2[C@@H](C)C=CC[C@H]2C1=O. The Bertz CT molecular complexity index is 1050. The molecule has 0 unspecified atom stereocenters. The summed E-state index contributed by atoms with van der Waals surface area (Å²) in [5.41, 5.74) is 3.63. The van der Waals surface area contributed by atoms with Crippen LogP contribution in [0.1, 0.15) is 48.7 Å². The number of benzene rings is 2. The molecule has 0 aromatic heterocycles. The Kier molecular flexibility index (Phi) is 5.77. The van der Waals surface area contributed by atoms with Crippen molar-refractivity contribution < 1.29 is 14.4 Å². The first-order valence-corrected chi connectivity index (χ1v) is 11.0. The molecule has 1 heterocycles. The zero-order valence-electron chi connectivity index (χ0n) is 18.2. The highest BCUT2D eigenvalue weighted by Gasteiger charge is 2.51. The van der Waals surface area contributed by atoms with E-state index in [1.54, 1.807) is 24.3 Å². The van der Waals surface area contributed by atoms with Gasteiger partial charge >= 0.3 is 0 Å². The highest BCUT2D eigenvalue weighted by atomic mass is 16.2. The van der Waals surface area contributed by atoms with E-state index < -0.39 is 0 Å². The molecule has 5 nitrogen and oxygen atoms in total. The summed E-state index contributed by atoms with van der Waals surface area (Å²) < 4.78 is 0. The van der Waals surface area contributed by atoms with Gasteiger partial charge in [0.25, 0.3) is 5.91 Å². The fraction of sp³-hybridized carbons (Fsp3) is 0.346. The molecule has 0 radical (unpaired) electrons. The molecular weight excluding hydrogens is 388 g/mol. The van der Waals surface area contributed by atoms with Crippen molar-refractivity contribution in [2.75, 3.05) is 10.2 Å². The summed E-state index contributed by atoms with van der Waals surface area (Å²) in [7, 11) is 0. The van der Waals surface area contributed by atoms with Gasteiger partial charge in [-0.1, -0.05) is 63.3 Å². The minimum atomic E-state index is -0.360. The second-order valence-electron chi connectivity index (χ2n) is 8.30. The summed E-state index contributed by atoms with van der Waals surface area (Å²) in [5.74, 6) is -1.44. The van der Waals surface area contributed by atoms with Crippen molar-refractivity contribution in [1.29, 1.82) is 0 Å². The first-order valence-electron chi connectivity index (χ1n) is 11.0. The average Bonchev–Trinajstić information content (AvgIpc) is 3.04. The molecule has 4 rings (SSSR count). The van der Waals surface area contributed by atoms with Crippen molar-refractivity contribution in [3.05, 3.63) is 71.3 Å². The Morgan fingerprint density at radius 1 is 1.00 bits per heavy atom. The molecule has 2 aromatic rings. The summed E-state index contributed by atoms with van der Waals surface area (Å²) >= 11 is 0. The fourth-order valence-corrected chi connectivity index (χ4v) is 4.83. The number of aryl methyl sites for hydroxylation is 2. The van der Waals surface area contributed by atoms with Crippen LogP contribution in [0.15, 0.2) is 54.6 Å². The number of rotatable bonds is 5. The van der Waals surface area contributed by atoms with Crippen LogP contribution in [-0.2, 0) is 22.4 Å². The van der Waals surface area contributed by atoms with Crippen molar-refractivity contribution in [2.24, 2.45) is 17.8 Å². The topological polar surface area (TPSA) is 66.5 Å². The van der Waals surface area contributed by atoms with Gasteiger partial charge in [0.1, 0.15) is 0 Å². The molecular formula is C26H28N2O3. The fourth-order valence-electron chi connectivity index (χ4n) is 4.83. The standard InChI is InChI=1S/C26H28N2O3/c1-4-17-11-9-12-18(5-2)23(17)27-24(29)19-13-6-7-15-21(19)28-25(30)20-14-8-10-16(3)22(20)26(28)31/h6-13,15-16,20,22H,4-5,14H2,1-3H3,(H,27,29)/t16-,20+,22-/m0/s1. The molecule has 2 aromatic carbocycles. The van der Waals surface area contributed by atoms with E-state index in [1.165, 1.54) is 4.90 Å². The lowest BCUT2D eigenvalue weighted by Gasteiger charge is -2.22. The van der Waals surface area contributed by atoms with Gasteiger partial charge in [-0.2, -0.15) is 0 Å². The van der Waals surface area contributed by atoms with Crippen LogP contribution in [0.4, 0.5) is 11.4 Å². The van der Waals surface area contributed by atoms with Crippen LogP contribution in [0.3, 0.4) is 0 Å². The van der Waals surface area contributed by atoms with Gasteiger partial charge in [-0.3, -0.25) is 14.4 Å². The molecule has 2 aliphatic rings. The van der Waals surface area contributed by atoms with Gasteiger partial charge < -0.3 is 5.32 Å². The highest BCUT2D eigenvalue weighted by molar-refractivity contribution is 6.25. The molecule has 31 heavy (non-hydrogen) atoms. The number of hydrogen-bond donors (Lipinski definition) is 1. The zero-order valence-corrected chi connectivity index (χ0v) is 18.2. The van der Waals surface area contributed by atoms with E-state index in [4.69, 9.17) is 0 Å². The van der Waals surface area contributed by atoms with E-state index in [1.807, 2.05) is 37.3 Å². The molecule has 0 saturated carbocycles. The van der Waals surface area contributed by atoms with Crippen molar-refractivity contribution in [3.63, 3.8) is 0 Å². The number of hydrogen-bond acceptors (Lipinski definition) is 3. The summed E-state index contributed by atoms with van der Waals surface area (Å²) in [5, 5.41) is 3.06. The van der Waals surface area contributed by atoms with Gasteiger partial charge in [-0.05, 0) is 48.4 Å². The molecule has 3 atom stereocenters. The second kappa shape index (κ2) is 8.50. The van der Waals surface area contributed by atoms with E-state index in [0.29, 0.717) is 17.7 Å². The smallest absolute Gasteiger partial charge is 0.257 e. The number of para-hydroxylation sites is 2. The lowest BCUT2D eigenvalue weighted by atomic mass is 9.78. The quantitative estimate of drug-likeness (QED) is 0.564. The van der Waals surface area contributed by atoms with Crippen LogP contribution in [0.25, 0.3) is 0 Å². The summed E-state index contributed by atoms with van der Waals surface area (Å²) in [4.78, 5) is 41.0. The third kappa shape index (κ3) is 3.58. The maximum Gasteiger partial charge on any atom is 0.257 e. The predicted octanol–water partition coefficient (Wildman–Crippen LogP) is 4.77. The molecule has 160 valence electrons. The predicted molar refractivity (Wildman–Crippen MR) is 122 cm³/mol. The number of amides is 3. The van der Waals surface area contributed by atoms with Crippen LogP contribution in [-0.4, -0.2) is 17.7 Å². The van der Waals surface area contributed by atoms with Crippen molar-refractivity contribution in [2.45, 2.75) is 40.0 Å². The minimum Gasteiger partial charge on any atom is -0.321 e. The molecule has 3 amide bonds. The Hall–Kier alpha value is -3.21. The lowest BCUT2D eigenvalue weighted by molar-refractivity contribution is -0.122. The summed E-state index contributed by atoms with van der Waals surface area (Å²) in [6.07, 6.45) is 6.13. The number of carbonyl (C=O) groups is 3. The van der Waals surface area contributed by atoms with Crippen LogP contribution in [0.5, 0.6) is 0 Å². The summed E-state index contributed by atoms with van der Waals surface area (Å²) in [6, 6.07) is 12.9. The Labute approximate surface area is 183 Å². The van der Waals surface area contributed by atoms with Crippen molar-refractivity contribution in [3.8, 4) is 0 Å². The first-order chi connectivity index (χ1) is 15.0. The molecule has 1 N–H and O–H groups in total. The maximum atomic E-state index is 13.3. The van der Waals surface area contributed by atoms with E-state index in [-0.39, 0.29) is 35.5 Å². The van der Waals surface area contributed by atoms with Gasteiger partial charge in [-0.15, -0.1) is 0 Å². The Balaban J connectivity index is 1.70. The Morgan fingerprint density at radius 3 is 2.32 bits per heavy atom. The average molecular weight is 417 g/mol. The number of allylic oxidation sites excluding steroid dienone is 2. The molecule has 1 fully saturated rings. The third-order valence-electron chi connectivity index (χ3n) is 6.50. The van der Waals surface area contributed by atoms with E-state index in [2.05, 4.69) is 19.2 Å². The molecule has 0 bridgehead atoms. The number of fused-ring (bicyclic) bond motifs is 1. The zero-order chi connectivity index (χ0) is 22.1.